The number of rotatable bonds is 5. The molecule has 3 aromatic heterocycles. The van der Waals surface area contributed by atoms with Crippen molar-refractivity contribution in [1.29, 1.82) is 0 Å². The van der Waals surface area contributed by atoms with Crippen LogP contribution in [0, 0.1) is 6.92 Å². The Balaban J connectivity index is 1.41. The smallest absolute Gasteiger partial charge is 0.336 e. The van der Waals surface area contributed by atoms with Crippen LogP contribution in [0.15, 0.2) is 42.6 Å². The van der Waals surface area contributed by atoms with E-state index >= 15 is 0 Å². The minimum atomic E-state index is -1.02. The predicted octanol–water partition coefficient (Wildman–Crippen LogP) is 4.31. The number of hydrogen-bond donors (Lipinski definition) is 2. The fraction of sp³-hybridized carbons (Fsp3) is 0.217. The lowest BCUT2D eigenvalue weighted by Gasteiger charge is -2.27. The molecular weight excluding hydrogens is 446 g/mol. The molecule has 0 bridgehead atoms. The van der Waals surface area contributed by atoms with Gasteiger partial charge in [-0.2, -0.15) is 4.98 Å². The third-order valence-corrected chi connectivity index (χ3v) is 5.70. The standard InChI is InChI=1S/C23H20ClN5O4/c1-13-2-4-15(10-16(13)22(30)31)33-23-26-18-11-17(24)20(27-21(18)28-23)14-3-5-19(25-12-14)29-6-8-32-9-7-29/h2-5,10-12H,6-9H2,1H3,(H,30,31)(H,26,27,28). The number of morpholine rings is 1. The van der Waals surface area contributed by atoms with Crippen LogP contribution in [0.2, 0.25) is 5.02 Å². The predicted molar refractivity (Wildman–Crippen MR) is 123 cm³/mol. The van der Waals surface area contributed by atoms with Crippen LogP contribution in [0.25, 0.3) is 22.4 Å². The van der Waals surface area contributed by atoms with Crippen LogP contribution in [0.3, 0.4) is 0 Å². The van der Waals surface area contributed by atoms with Crippen molar-refractivity contribution in [2.24, 2.45) is 0 Å². The Kier molecular flexibility index (Phi) is 5.57. The molecule has 0 amide bonds. The molecule has 0 atom stereocenters. The molecule has 9 nitrogen and oxygen atoms in total. The maximum Gasteiger partial charge on any atom is 0.336 e. The number of aryl methyl sites for hydroxylation is 1. The molecule has 1 aliphatic heterocycles. The molecule has 0 aliphatic carbocycles. The van der Waals surface area contributed by atoms with Gasteiger partial charge in [0.15, 0.2) is 5.65 Å². The number of nitrogens with zero attached hydrogens (tertiary/aromatic N) is 4. The number of benzene rings is 1. The monoisotopic (exact) mass is 465 g/mol. The lowest BCUT2D eigenvalue weighted by molar-refractivity contribution is 0.0695. The minimum absolute atomic E-state index is 0.167. The van der Waals surface area contributed by atoms with Crippen molar-refractivity contribution in [3.8, 4) is 23.0 Å². The van der Waals surface area contributed by atoms with Crippen LogP contribution < -0.4 is 9.64 Å². The van der Waals surface area contributed by atoms with Gasteiger partial charge < -0.3 is 24.5 Å². The molecule has 0 radical (unpaired) electrons. The van der Waals surface area contributed by atoms with Gasteiger partial charge in [0.1, 0.15) is 11.6 Å². The number of carboxylic acids is 1. The number of nitrogens with one attached hydrogen (secondary N) is 1. The number of hydrogen-bond acceptors (Lipinski definition) is 7. The van der Waals surface area contributed by atoms with Gasteiger partial charge in [0.2, 0.25) is 0 Å². The fourth-order valence-corrected chi connectivity index (χ4v) is 3.92. The minimum Gasteiger partial charge on any atom is -0.478 e. The normalized spacial score (nSPS) is 13.9. The molecule has 1 saturated heterocycles. The second-order valence-electron chi connectivity index (χ2n) is 7.62. The van der Waals surface area contributed by atoms with Crippen molar-refractivity contribution < 1.29 is 19.4 Å². The number of aromatic nitrogens is 4. The lowest BCUT2D eigenvalue weighted by atomic mass is 10.1. The molecule has 4 heterocycles. The third-order valence-electron chi connectivity index (χ3n) is 5.42. The van der Waals surface area contributed by atoms with Crippen LogP contribution in [-0.4, -0.2) is 57.3 Å². The molecule has 0 unspecified atom stereocenters. The van der Waals surface area contributed by atoms with Gasteiger partial charge in [-0.15, -0.1) is 0 Å². The summed E-state index contributed by atoms with van der Waals surface area (Å²) < 4.78 is 11.1. The molecule has 5 rings (SSSR count). The van der Waals surface area contributed by atoms with E-state index in [2.05, 4.69) is 24.8 Å². The second-order valence-corrected chi connectivity index (χ2v) is 8.03. The molecule has 1 aromatic carbocycles. The average Bonchev–Trinajstić information content (AvgIpc) is 3.21. The first kappa shape index (κ1) is 21.2. The van der Waals surface area contributed by atoms with Gasteiger partial charge in [0, 0.05) is 24.8 Å². The van der Waals surface area contributed by atoms with Crippen molar-refractivity contribution in [1.82, 2.24) is 19.9 Å². The zero-order valence-electron chi connectivity index (χ0n) is 17.7. The number of ether oxygens (including phenoxy) is 2. The molecule has 33 heavy (non-hydrogen) atoms. The summed E-state index contributed by atoms with van der Waals surface area (Å²) in [5.74, 6) is 0.216. The number of fused-ring (bicyclic) bond motifs is 1. The van der Waals surface area contributed by atoms with Gasteiger partial charge >= 0.3 is 12.0 Å². The summed E-state index contributed by atoms with van der Waals surface area (Å²) >= 11 is 6.50. The summed E-state index contributed by atoms with van der Waals surface area (Å²) in [5, 5.41) is 9.76. The summed E-state index contributed by atoms with van der Waals surface area (Å²) in [4.78, 5) is 30.1. The molecular formula is C23H20ClN5O4. The van der Waals surface area contributed by atoms with Crippen LogP contribution >= 0.6 is 11.6 Å². The summed E-state index contributed by atoms with van der Waals surface area (Å²) in [7, 11) is 0. The highest BCUT2D eigenvalue weighted by atomic mass is 35.5. The summed E-state index contributed by atoms with van der Waals surface area (Å²) in [6.07, 6.45) is 1.74. The Morgan fingerprint density at radius 2 is 2.00 bits per heavy atom. The Morgan fingerprint density at radius 3 is 2.73 bits per heavy atom. The Bertz CT molecular complexity index is 1330. The van der Waals surface area contributed by atoms with E-state index < -0.39 is 5.97 Å². The quantitative estimate of drug-likeness (QED) is 0.448. The number of carboxylic acid groups (broad SMARTS) is 1. The van der Waals surface area contributed by atoms with Crippen LogP contribution in [0.1, 0.15) is 15.9 Å². The Labute approximate surface area is 194 Å². The average molecular weight is 466 g/mol. The molecule has 4 aromatic rings. The van der Waals surface area contributed by atoms with E-state index in [1.165, 1.54) is 6.07 Å². The Morgan fingerprint density at radius 1 is 1.18 bits per heavy atom. The molecule has 168 valence electrons. The van der Waals surface area contributed by atoms with E-state index in [9.17, 15) is 9.90 Å². The highest BCUT2D eigenvalue weighted by molar-refractivity contribution is 6.33. The highest BCUT2D eigenvalue weighted by Crippen LogP contribution is 2.31. The second kappa shape index (κ2) is 8.68. The molecule has 2 N–H and O–H groups in total. The zero-order valence-corrected chi connectivity index (χ0v) is 18.5. The molecule has 1 aliphatic rings. The van der Waals surface area contributed by atoms with E-state index in [0.717, 1.165) is 24.5 Å². The summed E-state index contributed by atoms with van der Waals surface area (Å²) in [5.41, 5.74) is 3.17. The van der Waals surface area contributed by atoms with Crippen LogP contribution in [0.4, 0.5) is 5.82 Å². The number of halogens is 1. The van der Waals surface area contributed by atoms with E-state index in [1.807, 2.05) is 12.1 Å². The van der Waals surface area contributed by atoms with Gasteiger partial charge in [-0.05, 0) is 42.8 Å². The zero-order chi connectivity index (χ0) is 22.9. The van der Waals surface area contributed by atoms with Crippen molar-refractivity contribution in [2.75, 3.05) is 31.2 Å². The summed E-state index contributed by atoms with van der Waals surface area (Å²) in [6, 6.07) is 10.6. The number of carbonyl (C=O) groups is 1. The maximum atomic E-state index is 11.4. The van der Waals surface area contributed by atoms with Crippen molar-refractivity contribution in [3.05, 3.63) is 58.7 Å². The van der Waals surface area contributed by atoms with Crippen LogP contribution in [-0.2, 0) is 4.74 Å². The number of aromatic carboxylic acids is 1. The highest BCUT2D eigenvalue weighted by Gasteiger charge is 2.16. The Hall–Kier alpha value is -3.69. The van der Waals surface area contributed by atoms with Crippen molar-refractivity contribution in [3.63, 3.8) is 0 Å². The third kappa shape index (κ3) is 4.33. The van der Waals surface area contributed by atoms with E-state index in [4.69, 9.17) is 21.1 Å². The first-order valence-corrected chi connectivity index (χ1v) is 10.7. The van der Waals surface area contributed by atoms with Gasteiger partial charge in [-0.3, -0.25) is 0 Å². The van der Waals surface area contributed by atoms with Crippen LogP contribution in [0.5, 0.6) is 11.8 Å². The lowest BCUT2D eigenvalue weighted by Crippen LogP contribution is -2.36. The first-order chi connectivity index (χ1) is 16.0. The number of aromatic amines is 1. The summed E-state index contributed by atoms with van der Waals surface area (Å²) in [6.45, 7) is 4.73. The van der Waals surface area contributed by atoms with Crippen molar-refractivity contribution >= 4 is 34.6 Å². The maximum absolute atomic E-state index is 11.4. The first-order valence-electron chi connectivity index (χ1n) is 10.3. The van der Waals surface area contributed by atoms with E-state index in [1.54, 1.807) is 31.3 Å². The van der Waals surface area contributed by atoms with Gasteiger partial charge in [-0.25, -0.2) is 14.8 Å². The van der Waals surface area contributed by atoms with Gasteiger partial charge in [0.25, 0.3) is 0 Å². The number of pyridine rings is 2. The molecule has 10 heteroatoms. The number of H-pyrrole nitrogens is 1. The SMILES string of the molecule is Cc1ccc(Oc2nc3nc(-c4ccc(N5CCOCC5)nc4)c(Cl)cc3[nH]2)cc1C(=O)O. The number of imidazole rings is 1. The van der Waals surface area contributed by atoms with Gasteiger partial charge in [0.05, 0.1) is 35.0 Å². The molecule has 1 fully saturated rings. The van der Waals surface area contributed by atoms with Gasteiger partial charge in [-0.1, -0.05) is 17.7 Å². The van der Waals surface area contributed by atoms with E-state index in [-0.39, 0.29) is 11.6 Å². The molecule has 0 spiro atoms. The fourth-order valence-electron chi connectivity index (χ4n) is 3.66. The topological polar surface area (TPSA) is 113 Å². The van der Waals surface area contributed by atoms with Crippen molar-refractivity contribution in [2.45, 2.75) is 6.92 Å². The molecule has 0 saturated carbocycles. The largest absolute Gasteiger partial charge is 0.478 e. The number of anilines is 1. The van der Waals surface area contributed by atoms with E-state index in [0.29, 0.717) is 46.4 Å².